The number of hydrogen-bond donors (Lipinski definition) is 1. The lowest BCUT2D eigenvalue weighted by molar-refractivity contribution is -0.138. The average Bonchev–Trinajstić information content (AvgIpc) is 2.92. The lowest BCUT2D eigenvalue weighted by Gasteiger charge is -2.32. The molecule has 0 fully saturated rings. The molecule has 3 aromatic rings. The molecule has 3 aromatic carbocycles. The summed E-state index contributed by atoms with van der Waals surface area (Å²) in [7, 11) is -4.05. The van der Waals surface area contributed by atoms with Crippen LogP contribution in [0.25, 0.3) is 0 Å². The van der Waals surface area contributed by atoms with Crippen molar-refractivity contribution < 1.29 is 18.0 Å². The number of hydrogen-bond acceptors (Lipinski definition) is 4. The van der Waals surface area contributed by atoms with E-state index < -0.39 is 28.5 Å². The fourth-order valence-corrected chi connectivity index (χ4v) is 5.52. The van der Waals surface area contributed by atoms with Crippen molar-refractivity contribution >= 4 is 43.5 Å². The van der Waals surface area contributed by atoms with E-state index in [0.29, 0.717) is 18.7 Å². The molecule has 0 aromatic heterocycles. The molecule has 0 bridgehead atoms. The Morgan fingerprint density at radius 3 is 2.11 bits per heavy atom. The summed E-state index contributed by atoms with van der Waals surface area (Å²) in [6.07, 6.45) is 1.30. The Hall–Kier alpha value is -3.17. The summed E-state index contributed by atoms with van der Waals surface area (Å²) in [6.45, 7) is 3.94. The standard InChI is InChI=1S/C28H32BrN3O4S/c1-3-19-30-28(34)22(2)31(20-18-23-10-6-4-7-11-23)27(33)21-32(25-16-14-24(29)15-17-25)37(35,36)26-12-8-5-9-13-26/h4-17,22H,3,18-21H2,1-2H3,(H,30,34)/t22-/m0/s1. The van der Waals surface area contributed by atoms with Crippen LogP contribution in [0.15, 0.2) is 94.3 Å². The number of anilines is 1. The fourth-order valence-electron chi connectivity index (χ4n) is 3.82. The van der Waals surface area contributed by atoms with E-state index in [0.717, 1.165) is 20.8 Å². The van der Waals surface area contributed by atoms with Crippen LogP contribution in [0, 0.1) is 0 Å². The van der Waals surface area contributed by atoms with Crippen LogP contribution in [0.4, 0.5) is 5.69 Å². The van der Waals surface area contributed by atoms with E-state index in [1.165, 1.54) is 17.0 Å². The van der Waals surface area contributed by atoms with Gasteiger partial charge in [-0.15, -0.1) is 0 Å². The Kier molecular flexibility index (Phi) is 10.3. The predicted molar refractivity (Wildman–Crippen MR) is 150 cm³/mol. The normalized spacial score (nSPS) is 12.0. The van der Waals surface area contributed by atoms with Gasteiger partial charge < -0.3 is 10.2 Å². The summed E-state index contributed by atoms with van der Waals surface area (Å²) < 4.78 is 29.2. The van der Waals surface area contributed by atoms with Crippen LogP contribution in [-0.2, 0) is 26.0 Å². The van der Waals surface area contributed by atoms with Crippen molar-refractivity contribution in [1.82, 2.24) is 10.2 Å². The monoisotopic (exact) mass is 585 g/mol. The summed E-state index contributed by atoms with van der Waals surface area (Å²) in [5, 5.41) is 2.84. The number of carbonyl (C=O) groups is 2. The quantitative estimate of drug-likeness (QED) is 0.336. The number of nitrogens with zero attached hydrogens (tertiary/aromatic N) is 2. The van der Waals surface area contributed by atoms with Gasteiger partial charge in [0.1, 0.15) is 12.6 Å². The number of nitrogens with one attached hydrogen (secondary N) is 1. The molecule has 2 amide bonds. The second kappa shape index (κ2) is 13.4. The molecule has 0 heterocycles. The molecule has 0 radical (unpaired) electrons. The van der Waals surface area contributed by atoms with Gasteiger partial charge in [-0.25, -0.2) is 8.42 Å². The van der Waals surface area contributed by atoms with Gasteiger partial charge in [0.15, 0.2) is 0 Å². The van der Waals surface area contributed by atoms with Crippen molar-refractivity contribution in [2.75, 3.05) is 23.9 Å². The molecule has 0 unspecified atom stereocenters. The van der Waals surface area contributed by atoms with Crippen LogP contribution in [0.5, 0.6) is 0 Å². The van der Waals surface area contributed by atoms with Gasteiger partial charge >= 0.3 is 0 Å². The lowest BCUT2D eigenvalue weighted by atomic mass is 10.1. The first-order valence-corrected chi connectivity index (χ1v) is 14.4. The second-order valence-electron chi connectivity index (χ2n) is 8.59. The molecule has 0 saturated carbocycles. The van der Waals surface area contributed by atoms with Crippen molar-refractivity contribution in [3.05, 3.63) is 95.0 Å². The van der Waals surface area contributed by atoms with Gasteiger partial charge in [0.25, 0.3) is 10.0 Å². The smallest absolute Gasteiger partial charge is 0.264 e. The van der Waals surface area contributed by atoms with E-state index in [1.54, 1.807) is 49.4 Å². The minimum atomic E-state index is -4.05. The number of carbonyl (C=O) groups excluding carboxylic acids is 2. The van der Waals surface area contributed by atoms with Gasteiger partial charge in [-0.05, 0) is 61.7 Å². The van der Waals surface area contributed by atoms with E-state index in [4.69, 9.17) is 0 Å². The predicted octanol–water partition coefficient (Wildman–Crippen LogP) is 4.63. The van der Waals surface area contributed by atoms with Crippen LogP contribution in [0.3, 0.4) is 0 Å². The minimum Gasteiger partial charge on any atom is -0.354 e. The molecule has 0 saturated heterocycles. The van der Waals surface area contributed by atoms with Gasteiger partial charge in [0, 0.05) is 17.6 Å². The first-order chi connectivity index (χ1) is 17.7. The molecule has 1 N–H and O–H groups in total. The molecular weight excluding hydrogens is 554 g/mol. The van der Waals surface area contributed by atoms with Gasteiger partial charge in [0.05, 0.1) is 10.6 Å². The van der Waals surface area contributed by atoms with E-state index in [1.807, 2.05) is 37.3 Å². The van der Waals surface area contributed by atoms with Crippen LogP contribution < -0.4 is 9.62 Å². The summed E-state index contributed by atoms with van der Waals surface area (Å²) >= 11 is 3.37. The maximum Gasteiger partial charge on any atom is 0.264 e. The SMILES string of the molecule is CCCNC(=O)[C@H](C)N(CCc1ccccc1)C(=O)CN(c1ccc(Br)cc1)S(=O)(=O)c1ccccc1. The second-order valence-corrected chi connectivity index (χ2v) is 11.4. The number of amides is 2. The highest BCUT2D eigenvalue weighted by Gasteiger charge is 2.32. The van der Waals surface area contributed by atoms with E-state index in [9.17, 15) is 18.0 Å². The number of benzene rings is 3. The summed E-state index contributed by atoms with van der Waals surface area (Å²) in [5.74, 6) is -0.734. The summed E-state index contributed by atoms with van der Waals surface area (Å²) in [4.78, 5) is 28.1. The highest BCUT2D eigenvalue weighted by molar-refractivity contribution is 9.10. The molecule has 37 heavy (non-hydrogen) atoms. The van der Waals surface area contributed by atoms with Gasteiger partial charge in [-0.1, -0.05) is 71.4 Å². The Bertz CT molecular complexity index is 1270. The molecule has 0 aliphatic rings. The third kappa shape index (κ3) is 7.66. The molecule has 3 rings (SSSR count). The van der Waals surface area contributed by atoms with Gasteiger partial charge in [0.2, 0.25) is 11.8 Å². The Labute approximate surface area is 227 Å². The van der Waals surface area contributed by atoms with E-state index >= 15 is 0 Å². The van der Waals surface area contributed by atoms with Crippen molar-refractivity contribution in [2.24, 2.45) is 0 Å². The third-order valence-corrected chi connectivity index (χ3v) is 8.24. The number of halogens is 1. The lowest BCUT2D eigenvalue weighted by Crippen LogP contribution is -2.52. The van der Waals surface area contributed by atoms with Crippen molar-refractivity contribution in [1.29, 1.82) is 0 Å². The maximum atomic E-state index is 13.7. The Morgan fingerprint density at radius 1 is 0.919 bits per heavy atom. The first kappa shape index (κ1) is 28.4. The zero-order valence-electron chi connectivity index (χ0n) is 21.0. The molecule has 7 nitrogen and oxygen atoms in total. The highest BCUT2D eigenvalue weighted by atomic mass is 79.9. The van der Waals surface area contributed by atoms with Crippen molar-refractivity contribution in [3.8, 4) is 0 Å². The van der Waals surface area contributed by atoms with Crippen LogP contribution in [0.1, 0.15) is 25.8 Å². The van der Waals surface area contributed by atoms with Gasteiger partial charge in [-0.2, -0.15) is 0 Å². The molecule has 9 heteroatoms. The Morgan fingerprint density at radius 2 is 1.51 bits per heavy atom. The highest BCUT2D eigenvalue weighted by Crippen LogP contribution is 2.25. The largest absolute Gasteiger partial charge is 0.354 e. The molecule has 0 spiro atoms. The Balaban J connectivity index is 1.94. The average molecular weight is 587 g/mol. The molecule has 0 aliphatic carbocycles. The van der Waals surface area contributed by atoms with Crippen LogP contribution in [0.2, 0.25) is 0 Å². The van der Waals surface area contributed by atoms with E-state index in [-0.39, 0.29) is 17.3 Å². The van der Waals surface area contributed by atoms with Crippen molar-refractivity contribution in [2.45, 2.75) is 37.6 Å². The topological polar surface area (TPSA) is 86.8 Å². The van der Waals surface area contributed by atoms with Gasteiger partial charge in [-0.3, -0.25) is 13.9 Å². The minimum absolute atomic E-state index is 0.0790. The summed E-state index contributed by atoms with van der Waals surface area (Å²) in [5.41, 5.74) is 1.37. The fraction of sp³-hybridized carbons (Fsp3) is 0.286. The van der Waals surface area contributed by atoms with E-state index in [2.05, 4.69) is 21.2 Å². The summed E-state index contributed by atoms with van der Waals surface area (Å²) in [6, 6.07) is 23.6. The maximum absolute atomic E-state index is 13.7. The number of rotatable bonds is 12. The molecule has 0 aliphatic heterocycles. The van der Waals surface area contributed by atoms with Crippen LogP contribution >= 0.6 is 15.9 Å². The zero-order chi connectivity index (χ0) is 26.8. The zero-order valence-corrected chi connectivity index (χ0v) is 23.4. The van der Waals surface area contributed by atoms with Crippen LogP contribution in [-0.4, -0.2) is 50.8 Å². The van der Waals surface area contributed by atoms with Crippen molar-refractivity contribution in [3.63, 3.8) is 0 Å². The molecule has 196 valence electrons. The third-order valence-electron chi connectivity index (χ3n) is 5.93. The number of sulfonamides is 1. The molecular formula is C28H32BrN3O4S. The molecule has 1 atom stereocenters. The first-order valence-electron chi connectivity index (χ1n) is 12.2.